The van der Waals surface area contributed by atoms with Crippen LogP contribution in [0.1, 0.15) is 33.1 Å². The van der Waals surface area contributed by atoms with Gasteiger partial charge in [-0.3, -0.25) is 9.69 Å². The van der Waals surface area contributed by atoms with Gasteiger partial charge in [-0.1, -0.05) is 64.5 Å². The lowest BCUT2D eigenvalue weighted by molar-refractivity contribution is 0.0597. The van der Waals surface area contributed by atoms with Crippen molar-refractivity contribution < 1.29 is 4.79 Å². The molecule has 0 N–H and O–H groups in total. The summed E-state index contributed by atoms with van der Waals surface area (Å²) in [7, 11) is 0. The van der Waals surface area contributed by atoms with Crippen molar-refractivity contribution in [2.45, 2.75) is 6.04 Å². The fraction of sp³-hybridized carbons (Fsp3) is 0.200. The van der Waals surface area contributed by atoms with Gasteiger partial charge < -0.3 is 4.90 Å². The molecule has 0 aliphatic carbocycles. The van der Waals surface area contributed by atoms with Crippen LogP contribution in [0.3, 0.4) is 0 Å². The number of rotatable bonds is 4. The molecule has 3 aromatic rings. The average Bonchev–Trinajstić information content (AvgIpc) is 2.81. The van der Waals surface area contributed by atoms with Gasteiger partial charge in [0.1, 0.15) is 0 Å². The molecule has 5 heteroatoms. The smallest absolute Gasteiger partial charge is 0.253 e. The number of carbonyl (C=O) groups is 1. The van der Waals surface area contributed by atoms with Crippen LogP contribution >= 0.6 is 15.9 Å². The van der Waals surface area contributed by atoms with E-state index in [1.54, 1.807) is 24.3 Å². The van der Waals surface area contributed by atoms with Crippen molar-refractivity contribution in [2.75, 3.05) is 26.2 Å². The second-order valence-corrected chi connectivity index (χ2v) is 8.30. The summed E-state index contributed by atoms with van der Waals surface area (Å²) in [5.74, 6) is -0.00773. The van der Waals surface area contributed by atoms with Gasteiger partial charge >= 0.3 is 0 Å². The number of nitrogens with zero attached hydrogens (tertiary/aromatic N) is 3. The summed E-state index contributed by atoms with van der Waals surface area (Å²) in [5.41, 5.74) is 3.58. The summed E-state index contributed by atoms with van der Waals surface area (Å²) < 4.78 is 1.06. The maximum absolute atomic E-state index is 12.9. The summed E-state index contributed by atoms with van der Waals surface area (Å²) in [6.07, 6.45) is 0. The summed E-state index contributed by atoms with van der Waals surface area (Å²) in [4.78, 5) is 17.2. The number of hydrogen-bond donors (Lipinski definition) is 0. The van der Waals surface area contributed by atoms with E-state index in [-0.39, 0.29) is 11.9 Å². The fourth-order valence-corrected chi connectivity index (χ4v) is 4.25. The van der Waals surface area contributed by atoms with E-state index >= 15 is 0 Å². The molecule has 1 atom stereocenters. The van der Waals surface area contributed by atoms with Crippen LogP contribution in [0.4, 0.5) is 0 Å². The second-order valence-electron chi connectivity index (χ2n) is 7.39. The van der Waals surface area contributed by atoms with E-state index in [1.807, 2.05) is 11.0 Å². The highest BCUT2D eigenvalue weighted by molar-refractivity contribution is 9.10. The maximum atomic E-state index is 12.9. The van der Waals surface area contributed by atoms with Crippen LogP contribution in [0.5, 0.6) is 0 Å². The highest BCUT2D eigenvalue weighted by Crippen LogP contribution is 2.30. The van der Waals surface area contributed by atoms with E-state index in [0.717, 1.165) is 17.6 Å². The number of piperazine rings is 1. The molecule has 0 saturated carbocycles. The first kappa shape index (κ1) is 20.3. The Morgan fingerprint density at radius 3 is 2.20 bits per heavy atom. The third-order valence-electron chi connectivity index (χ3n) is 5.51. The van der Waals surface area contributed by atoms with Gasteiger partial charge in [-0.15, -0.1) is 0 Å². The maximum Gasteiger partial charge on any atom is 0.253 e. The summed E-state index contributed by atoms with van der Waals surface area (Å²) in [6.45, 7) is 2.91. The summed E-state index contributed by atoms with van der Waals surface area (Å²) in [5, 5.41) is 9.10. The van der Waals surface area contributed by atoms with E-state index in [0.29, 0.717) is 24.2 Å². The second kappa shape index (κ2) is 9.25. The molecular weight excluding hydrogens is 438 g/mol. The minimum atomic E-state index is -0.00773. The Hall–Kier alpha value is -2.94. The number of halogens is 1. The van der Waals surface area contributed by atoms with Crippen LogP contribution < -0.4 is 0 Å². The van der Waals surface area contributed by atoms with E-state index in [2.05, 4.69) is 75.4 Å². The molecule has 30 heavy (non-hydrogen) atoms. The molecule has 150 valence electrons. The summed E-state index contributed by atoms with van der Waals surface area (Å²) >= 11 is 3.53. The first-order valence-corrected chi connectivity index (χ1v) is 10.8. The molecular formula is C25H22BrN3O. The monoisotopic (exact) mass is 459 g/mol. The molecule has 4 nitrogen and oxygen atoms in total. The number of hydrogen-bond acceptors (Lipinski definition) is 3. The zero-order valence-corrected chi connectivity index (χ0v) is 18.1. The van der Waals surface area contributed by atoms with E-state index in [9.17, 15) is 4.79 Å². The van der Waals surface area contributed by atoms with Gasteiger partial charge in [-0.25, -0.2) is 0 Å². The van der Waals surface area contributed by atoms with E-state index in [1.165, 1.54) is 11.1 Å². The molecule has 1 amide bonds. The van der Waals surface area contributed by atoms with Crippen LogP contribution in [-0.4, -0.2) is 41.9 Å². The van der Waals surface area contributed by atoms with Gasteiger partial charge in [0.25, 0.3) is 5.91 Å². The molecule has 1 aliphatic heterocycles. The Bertz CT molecular complexity index is 1050. The highest BCUT2D eigenvalue weighted by Gasteiger charge is 2.28. The van der Waals surface area contributed by atoms with Crippen LogP contribution in [0.2, 0.25) is 0 Å². The predicted molar refractivity (Wildman–Crippen MR) is 121 cm³/mol. The molecule has 1 aliphatic rings. The van der Waals surface area contributed by atoms with E-state index in [4.69, 9.17) is 5.26 Å². The predicted octanol–water partition coefficient (Wildman–Crippen LogP) is 4.87. The highest BCUT2D eigenvalue weighted by atomic mass is 79.9. The first-order valence-electron chi connectivity index (χ1n) is 9.99. The minimum absolute atomic E-state index is 0.00773. The molecule has 1 heterocycles. The van der Waals surface area contributed by atoms with Gasteiger partial charge in [-0.05, 0) is 41.5 Å². The number of amides is 1. The van der Waals surface area contributed by atoms with Crippen molar-refractivity contribution in [1.82, 2.24) is 9.80 Å². The first-order chi connectivity index (χ1) is 14.7. The Morgan fingerprint density at radius 1 is 0.867 bits per heavy atom. The SMILES string of the molecule is N#Cc1cccc(C(=O)N2CCN([C@@H](c3ccccc3)c3ccc(Br)cc3)CC2)c1. The van der Waals surface area contributed by atoms with Gasteiger partial charge in [0, 0.05) is 36.2 Å². The molecule has 0 spiro atoms. The third-order valence-corrected chi connectivity index (χ3v) is 6.03. The van der Waals surface area contributed by atoms with Crippen molar-refractivity contribution in [2.24, 2.45) is 0 Å². The van der Waals surface area contributed by atoms with Crippen LogP contribution in [0.15, 0.2) is 83.3 Å². The lowest BCUT2D eigenvalue weighted by Crippen LogP contribution is -2.49. The number of benzene rings is 3. The zero-order chi connectivity index (χ0) is 20.9. The molecule has 4 rings (SSSR count). The molecule has 0 unspecified atom stereocenters. The average molecular weight is 460 g/mol. The molecule has 1 fully saturated rings. The van der Waals surface area contributed by atoms with Crippen molar-refractivity contribution in [3.8, 4) is 6.07 Å². The lowest BCUT2D eigenvalue weighted by atomic mass is 9.96. The van der Waals surface area contributed by atoms with Crippen LogP contribution in [-0.2, 0) is 0 Å². The Balaban J connectivity index is 1.52. The van der Waals surface area contributed by atoms with Crippen molar-refractivity contribution in [1.29, 1.82) is 5.26 Å². The summed E-state index contributed by atoms with van der Waals surface area (Å²) in [6, 6.07) is 28.2. The fourth-order valence-electron chi connectivity index (χ4n) is 3.98. The number of carbonyl (C=O) groups excluding carboxylic acids is 1. The molecule has 0 radical (unpaired) electrons. The Labute approximate surface area is 185 Å². The topological polar surface area (TPSA) is 47.3 Å². The van der Waals surface area contributed by atoms with Crippen LogP contribution in [0.25, 0.3) is 0 Å². The number of nitriles is 1. The third kappa shape index (κ3) is 4.46. The normalized spacial score (nSPS) is 15.4. The van der Waals surface area contributed by atoms with E-state index < -0.39 is 0 Å². The van der Waals surface area contributed by atoms with Gasteiger partial charge in [-0.2, -0.15) is 5.26 Å². The Kier molecular flexibility index (Phi) is 6.27. The standard InChI is InChI=1S/C25H22BrN3O/c26-23-11-9-21(10-12-23)24(20-6-2-1-3-7-20)28-13-15-29(16-14-28)25(30)22-8-4-5-19(17-22)18-27/h1-12,17,24H,13-16H2/t24-/m0/s1. The van der Waals surface area contributed by atoms with Crippen LogP contribution in [0, 0.1) is 11.3 Å². The minimum Gasteiger partial charge on any atom is -0.336 e. The van der Waals surface area contributed by atoms with Gasteiger partial charge in [0.05, 0.1) is 17.7 Å². The largest absolute Gasteiger partial charge is 0.336 e. The van der Waals surface area contributed by atoms with Gasteiger partial charge in [0.15, 0.2) is 0 Å². The lowest BCUT2D eigenvalue weighted by Gasteiger charge is -2.39. The van der Waals surface area contributed by atoms with Crippen molar-refractivity contribution in [3.05, 3.63) is 106 Å². The Morgan fingerprint density at radius 2 is 1.53 bits per heavy atom. The zero-order valence-electron chi connectivity index (χ0n) is 16.5. The molecule has 0 bridgehead atoms. The van der Waals surface area contributed by atoms with Gasteiger partial charge in [0.2, 0.25) is 0 Å². The quantitative estimate of drug-likeness (QED) is 0.558. The molecule has 1 saturated heterocycles. The van der Waals surface area contributed by atoms with Crippen molar-refractivity contribution >= 4 is 21.8 Å². The molecule has 0 aromatic heterocycles. The van der Waals surface area contributed by atoms with Crippen molar-refractivity contribution in [3.63, 3.8) is 0 Å². The molecule has 3 aromatic carbocycles.